The van der Waals surface area contributed by atoms with Crippen molar-refractivity contribution in [3.63, 3.8) is 0 Å². The summed E-state index contributed by atoms with van der Waals surface area (Å²) < 4.78 is 20.9. The van der Waals surface area contributed by atoms with E-state index >= 15 is 0 Å². The summed E-state index contributed by atoms with van der Waals surface area (Å²) in [7, 11) is 0. The van der Waals surface area contributed by atoms with Crippen LogP contribution in [0.4, 0.5) is 0 Å². The maximum absolute atomic E-state index is 11.3. The maximum atomic E-state index is 11.3. The van der Waals surface area contributed by atoms with Gasteiger partial charge in [-0.1, -0.05) is 0 Å². The van der Waals surface area contributed by atoms with Gasteiger partial charge >= 0.3 is 11.9 Å². The Morgan fingerprint density at radius 1 is 0.680 bits per heavy atom. The summed E-state index contributed by atoms with van der Waals surface area (Å²) in [4.78, 5) is 44.2. The summed E-state index contributed by atoms with van der Waals surface area (Å²) in [5.74, 6) is -1.65. The number of esters is 2. The van der Waals surface area contributed by atoms with Crippen molar-refractivity contribution in [2.45, 2.75) is 65.8 Å². The summed E-state index contributed by atoms with van der Waals surface area (Å²) in [6.07, 6.45) is -1.69. The lowest BCUT2D eigenvalue weighted by Crippen LogP contribution is -2.27. The Morgan fingerprint density at radius 2 is 1.08 bits per heavy atom. The lowest BCUT2D eigenvalue weighted by molar-refractivity contribution is -0.157. The van der Waals surface area contributed by atoms with Crippen LogP contribution in [-0.4, -0.2) is 61.6 Å². The Kier molecular flexibility index (Phi) is 11.6. The summed E-state index contributed by atoms with van der Waals surface area (Å²) >= 11 is 0. The third-order valence-electron chi connectivity index (χ3n) is 2.77. The van der Waals surface area contributed by atoms with Gasteiger partial charge in [-0.3, -0.25) is 19.2 Å². The van der Waals surface area contributed by atoms with Crippen molar-refractivity contribution in [3.8, 4) is 0 Å². The van der Waals surface area contributed by atoms with Gasteiger partial charge in [0.2, 0.25) is 0 Å². The molecule has 0 aromatic carbocycles. The van der Waals surface area contributed by atoms with Crippen LogP contribution < -0.4 is 0 Å². The molecule has 0 aromatic rings. The molecule has 0 aliphatic carbocycles. The first-order valence-corrected chi connectivity index (χ1v) is 8.17. The van der Waals surface area contributed by atoms with Crippen molar-refractivity contribution < 1.29 is 38.1 Å². The van der Waals surface area contributed by atoms with E-state index in [0.29, 0.717) is 0 Å². The fourth-order valence-corrected chi connectivity index (χ4v) is 1.75. The van der Waals surface area contributed by atoms with Gasteiger partial charge < -0.3 is 18.9 Å². The highest BCUT2D eigenvalue weighted by Gasteiger charge is 2.15. The summed E-state index contributed by atoms with van der Waals surface area (Å²) in [6, 6.07) is 0. The number of carbonyl (C=O) groups excluding carboxylic acids is 4. The minimum Gasteiger partial charge on any atom is -0.460 e. The second-order valence-electron chi connectivity index (χ2n) is 6.04. The van der Waals surface area contributed by atoms with E-state index in [1.165, 1.54) is 13.8 Å². The highest BCUT2D eigenvalue weighted by atomic mass is 16.6. The van der Waals surface area contributed by atoms with Gasteiger partial charge in [0.1, 0.15) is 36.6 Å². The van der Waals surface area contributed by atoms with Crippen LogP contribution in [0.3, 0.4) is 0 Å². The predicted molar refractivity (Wildman–Crippen MR) is 87.9 cm³/mol. The molecule has 0 bridgehead atoms. The van der Waals surface area contributed by atoms with Crippen LogP contribution in [0.1, 0.15) is 47.5 Å². The second-order valence-corrected chi connectivity index (χ2v) is 6.04. The molecule has 8 heteroatoms. The summed E-state index contributed by atoms with van der Waals surface area (Å²) in [5, 5.41) is 0. The van der Waals surface area contributed by atoms with Crippen molar-refractivity contribution in [3.05, 3.63) is 0 Å². The molecule has 0 aromatic heterocycles. The van der Waals surface area contributed by atoms with Crippen LogP contribution in [0, 0.1) is 0 Å². The molecule has 0 aliphatic rings. The van der Waals surface area contributed by atoms with E-state index in [1.54, 1.807) is 20.8 Å². The van der Waals surface area contributed by atoms with E-state index in [4.69, 9.17) is 18.9 Å². The number of ketones is 2. The van der Waals surface area contributed by atoms with Crippen molar-refractivity contribution in [2.75, 3.05) is 19.8 Å². The summed E-state index contributed by atoms with van der Waals surface area (Å²) in [6.45, 7) is 8.39. The van der Waals surface area contributed by atoms with Gasteiger partial charge in [-0.15, -0.1) is 0 Å². The van der Waals surface area contributed by atoms with E-state index < -0.39 is 24.1 Å². The largest absolute Gasteiger partial charge is 0.460 e. The first kappa shape index (κ1) is 23.2. The molecule has 0 N–H and O–H groups in total. The number of hydrogen-bond acceptors (Lipinski definition) is 8. The van der Waals surface area contributed by atoms with Crippen molar-refractivity contribution in [1.82, 2.24) is 0 Å². The van der Waals surface area contributed by atoms with E-state index in [2.05, 4.69) is 0 Å². The van der Waals surface area contributed by atoms with E-state index in [9.17, 15) is 19.2 Å². The predicted octanol–water partition coefficient (Wildman–Crippen LogP) is 1.23. The molecule has 0 aliphatic heterocycles. The Hall–Kier alpha value is -1.80. The van der Waals surface area contributed by atoms with Gasteiger partial charge in [0.25, 0.3) is 0 Å². The Bertz CT molecular complexity index is 460. The normalized spacial score (nSPS) is 14.3. The first-order valence-electron chi connectivity index (χ1n) is 8.17. The molecule has 0 amide bonds. The Morgan fingerprint density at radius 3 is 1.52 bits per heavy atom. The number of hydrogen-bond donors (Lipinski definition) is 0. The molecule has 3 atom stereocenters. The SMILES string of the molecule is CC(=O)CC(=O)OC(C)COCC(C)OCC(C)OC(=O)CC(C)=O. The van der Waals surface area contributed by atoms with Crippen LogP contribution >= 0.6 is 0 Å². The van der Waals surface area contributed by atoms with Crippen LogP contribution in [0.15, 0.2) is 0 Å². The number of rotatable bonds is 13. The maximum Gasteiger partial charge on any atom is 0.313 e. The quantitative estimate of drug-likeness (QED) is 0.357. The van der Waals surface area contributed by atoms with Crippen LogP contribution in [0.25, 0.3) is 0 Å². The zero-order chi connectivity index (χ0) is 19.4. The molecular weight excluding hydrogens is 332 g/mol. The van der Waals surface area contributed by atoms with Crippen molar-refractivity contribution in [2.24, 2.45) is 0 Å². The fraction of sp³-hybridized carbons (Fsp3) is 0.765. The van der Waals surface area contributed by atoms with Crippen LogP contribution in [0.2, 0.25) is 0 Å². The zero-order valence-corrected chi connectivity index (χ0v) is 15.5. The van der Waals surface area contributed by atoms with Gasteiger partial charge in [0, 0.05) is 0 Å². The van der Waals surface area contributed by atoms with E-state index in [-0.39, 0.29) is 50.3 Å². The number of carbonyl (C=O) groups is 4. The molecule has 0 saturated carbocycles. The smallest absolute Gasteiger partial charge is 0.313 e. The standard InChI is InChI=1S/C17H28O8/c1-11(18)6-16(20)24-14(4)9-22-8-13(3)23-10-15(5)25-17(21)7-12(2)19/h13-15H,6-10H2,1-5H3. The van der Waals surface area contributed by atoms with Crippen molar-refractivity contribution >= 4 is 23.5 Å². The van der Waals surface area contributed by atoms with Crippen molar-refractivity contribution in [1.29, 1.82) is 0 Å². The zero-order valence-electron chi connectivity index (χ0n) is 15.5. The third-order valence-corrected chi connectivity index (χ3v) is 2.77. The molecule has 25 heavy (non-hydrogen) atoms. The molecule has 8 nitrogen and oxygen atoms in total. The van der Waals surface area contributed by atoms with E-state index in [1.807, 2.05) is 0 Å². The molecular formula is C17H28O8. The Balaban J connectivity index is 3.84. The van der Waals surface area contributed by atoms with Crippen LogP contribution in [0.5, 0.6) is 0 Å². The minimum atomic E-state index is -0.575. The van der Waals surface area contributed by atoms with Gasteiger partial charge in [-0.05, 0) is 34.6 Å². The number of ether oxygens (including phenoxy) is 4. The fourth-order valence-electron chi connectivity index (χ4n) is 1.75. The molecule has 0 radical (unpaired) electrons. The molecule has 0 fully saturated rings. The molecule has 3 unspecified atom stereocenters. The van der Waals surface area contributed by atoms with Gasteiger partial charge in [-0.2, -0.15) is 0 Å². The topological polar surface area (TPSA) is 105 Å². The first-order chi connectivity index (χ1) is 11.6. The minimum absolute atomic E-state index is 0.178. The van der Waals surface area contributed by atoms with Crippen LogP contribution in [-0.2, 0) is 38.1 Å². The highest BCUT2D eigenvalue weighted by Crippen LogP contribution is 2.02. The average molecular weight is 360 g/mol. The van der Waals surface area contributed by atoms with E-state index in [0.717, 1.165) is 0 Å². The molecule has 0 heterocycles. The van der Waals surface area contributed by atoms with Gasteiger partial charge in [0.15, 0.2) is 0 Å². The van der Waals surface area contributed by atoms with Gasteiger partial charge in [-0.25, -0.2) is 0 Å². The lowest BCUT2D eigenvalue weighted by atomic mass is 10.3. The number of Topliss-reactive ketones (excluding diaryl/α,β-unsaturated/α-hetero) is 2. The third kappa shape index (κ3) is 14.3. The Labute approximate surface area is 148 Å². The molecule has 0 saturated heterocycles. The highest BCUT2D eigenvalue weighted by molar-refractivity contribution is 5.94. The average Bonchev–Trinajstić information content (AvgIpc) is 2.42. The molecule has 144 valence electrons. The molecule has 0 spiro atoms. The summed E-state index contributed by atoms with van der Waals surface area (Å²) in [5.41, 5.74) is 0. The molecule has 0 rings (SSSR count). The van der Waals surface area contributed by atoms with Gasteiger partial charge in [0.05, 0.1) is 25.9 Å². The second kappa shape index (κ2) is 12.5. The lowest BCUT2D eigenvalue weighted by Gasteiger charge is -2.19. The monoisotopic (exact) mass is 360 g/mol.